The number of halogens is 2. The number of alkyl halides is 1. The van der Waals surface area contributed by atoms with Crippen molar-refractivity contribution in [2.24, 2.45) is 0 Å². The number of rotatable bonds is 2. The van der Waals surface area contributed by atoms with Crippen LogP contribution in [0.2, 0.25) is 0 Å². The zero-order valence-corrected chi connectivity index (χ0v) is 12.9. The van der Waals surface area contributed by atoms with E-state index in [9.17, 15) is 0 Å². The predicted molar refractivity (Wildman–Crippen MR) is 79.0 cm³/mol. The molecule has 0 atom stereocenters. The van der Waals surface area contributed by atoms with Gasteiger partial charge in [0.1, 0.15) is 0 Å². The highest BCUT2D eigenvalue weighted by Crippen LogP contribution is 2.34. The summed E-state index contributed by atoms with van der Waals surface area (Å²) in [6.45, 7) is 0. The van der Waals surface area contributed by atoms with Crippen LogP contribution in [0.1, 0.15) is 4.88 Å². The van der Waals surface area contributed by atoms with Crippen molar-refractivity contribution in [3.63, 3.8) is 0 Å². The van der Waals surface area contributed by atoms with Gasteiger partial charge in [0.2, 0.25) is 0 Å². The third kappa shape index (κ3) is 2.13. The van der Waals surface area contributed by atoms with E-state index in [1.807, 2.05) is 11.3 Å². The zero-order valence-electron chi connectivity index (χ0n) is 7.51. The third-order valence-corrected chi connectivity index (χ3v) is 6.05. The lowest BCUT2D eigenvalue weighted by atomic mass is 10.2. The van der Waals surface area contributed by atoms with Crippen molar-refractivity contribution in [2.45, 2.75) is 10.2 Å². The summed E-state index contributed by atoms with van der Waals surface area (Å²) in [4.78, 5) is 2.75. The van der Waals surface area contributed by atoms with Gasteiger partial charge in [0.25, 0.3) is 0 Å². The van der Waals surface area contributed by atoms with Crippen LogP contribution >= 0.6 is 61.6 Å². The Balaban J connectivity index is 2.67. The number of thiophene rings is 1. The van der Waals surface area contributed by atoms with E-state index < -0.39 is 0 Å². The van der Waals surface area contributed by atoms with Crippen LogP contribution < -0.4 is 0 Å². The molecule has 0 aliphatic carbocycles. The van der Waals surface area contributed by atoms with E-state index in [1.54, 1.807) is 11.8 Å². The first-order valence-corrected chi connectivity index (χ1v) is 8.30. The van der Waals surface area contributed by atoms with E-state index in [4.69, 9.17) is 0 Å². The molecule has 4 heteroatoms. The van der Waals surface area contributed by atoms with Crippen LogP contribution in [-0.4, -0.2) is 6.26 Å². The summed E-state index contributed by atoms with van der Waals surface area (Å²) >= 11 is 9.60. The van der Waals surface area contributed by atoms with Gasteiger partial charge in [-0.1, -0.05) is 15.9 Å². The molecule has 0 spiro atoms. The number of hydrogen-bond donors (Lipinski definition) is 0. The maximum Gasteiger partial charge on any atom is 0.0480 e. The molecule has 0 unspecified atom stereocenters. The SMILES string of the molecule is CSc1cc(I)c2sc(CBr)cc2c1. The summed E-state index contributed by atoms with van der Waals surface area (Å²) in [7, 11) is 0. The van der Waals surface area contributed by atoms with Gasteiger partial charge in [-0.2, -0.15) is 0 Å². The van der Waals surface area contributed by atoms with Crippen molar-refractivity contribution < 1.29 is 0 Å². The molecule has 1 heterocycles. The lowest BCUT2D eigenvalue weighted by molar-refractivity contribution is 1.50. The molecule has 2 aromatic rings. The molecule has 2 rings (SSSR count). The smallest absolute Gasteiger partial charge is 0.0480 e. The molecule has 14 heavy (non-hydrogen) atoms. The summed E-state index contributed by atoms with van der Waals surface area (Å²) in [5.41, 5.74) is 0. The summed E-state index contributed by atoms with van der Waals surface area (Å²) < 4.78 is 2.78. The second-order valence-electron chi connectivity index (χ2n) is 2.87. The Bertz CT molecular complexity index is 464. The quantitative estimate of drug-likeness (QED) is 0.384. The van der Waals surface area contributed by atoms with Crippen LogP contribution in [0.15, 0.2) is 23.1 Å². The van der Waals surface area contributed by atoms with E-state index in [-0.39, 0.29) is 0 Å². The van der Waals surface area contributed by atoms with Gasteiger partial charge in [-0.15, -0.1) is 23.1 Å². The van der Waals surface area contributed by atoms with Gasteiger partial charge in [0.05, 0.1) is 0 Å². The van der Waals surface area contributed by atoms with Gasteiger partial charge >= 0.3 is 0 Å². The first-order chi connectivity index (χ1) is 6.74. The molecule has 0 aliphatic rings. The number of hydrogen-bond acceptors (Lipinski definition) is 2. The van der Waals surface area contributed by atoms with E-state index in [0.29, 0.717) is 0 Å². The first-order valence-electron chi connectivity index (χ1n) is 4.06. The Morgan fingerprint density at radius 2 is 2.21 bits per heavy atom. The molecule has 0 nitrogen and oxygen atoms in total. The minimum Gasteiger partial charge on any atom is -0.138 e. The van der Waals surface area contributed by atoms with Crippen LogP contribution in [0.3, 0.4) is 0 Å². The Morgan fingerprint density at radius 3 is 2.86 bits per heavy atom. The zero-order chi connectivity index (χ0) is 10.1. The van der Waals surface area contributed by atoms with Gasteiger partial charge in [0.15, 0.2) is 0 Å². The summed E-state index contributed by atoms with van der Waals surface area (Å²) in [6.07, 6.45) is 2.12. The van der Waals surface area contributed by atoms with Crippen LogP contribution in [0, 0.1) is 3.57 Å². The molecule has 0 bridgehead atoms. The molecule has 0 saturated heterocycles. The van der Waals surface area contributed by atoms with Crippen molar-refractivity contribution in [2.75, 3.05) is 6.26 Å². The van der Waals surface area contributed by atoms with E-state index in [0.717, 1.165) is 5.33 Å². The number of thioether (sulfide) groups is 1. The minimum absolute atomic E-state index is 0.955. The number of fused-ring (bicyclic) bond motifs is 1. The van der Waals surface area contributed by atoms with E-state index >= 15 is 0 Å². The summed E-state index contributed by atoms with van der Waals surface area (Å²) in [5, 5.41) is 2.33. The first kappa shape index (κ1) is 11.2. The monoisotopic (exact) mass is 398 g/mol. The van der Waals surface area contributed by atoms with Crippen LogP contribution in [0.5, 0.6) is 0 Å². The normalized spacial score (nSPS) is 11.1. The molecule has 1 aromatic carbocycles. The van der Waals surface area contributed by atoms with Crippen molar-refractivity contribution >= 4 is 71.7 Å². The molecule has 0 saturated carbocycles. The fraction of sp³-hybridized carbons (Fsp3) is 0.200. The molecule has 0 radical (unpaired) electrons. The topological polar surface area (TPSA) is 0 Å². The van der Waals surface area contributed by atoms with Gasteiger partial charge in [0, 0.05) is 23.4 Å². The Labute approximate surface area is 114 Å². The van der Waals surface area contributed by atoms with Crippen LogP contribution in [0.4, 0.5) is 0 Å². The number of benzene rings is 1. The maximum atomic E-state index is 3.50. The Kier molecular flexibility index (Phi) is 3.79. The van der Waals surface area contributed by atoms with E-state index in [2.05, 4.69) is 63.0 Å². The van der Waals surface area contributed by atoms with Gasteiger partial charge in [-0.25, -0.2) is 0 Å². The minimum atomic E-state index is 0.955. The van der Waals surface area contributed by atoms with Gasteiger partial charge in [-0.3, -0.25) is 0 Å². The third-order valence-electron chi connectivity index (χ3n) is 1.96. The summed E-state index contributed by atoms with van der Waals surface area (Å²) in [5.74, 6) is 0. The van der Waals surface area contributed by atoms with Crippen LogP contribution in [-0.2, 0) is 5.33 Å². The van der Waals surface area contributed by atoms with Crippen molar-refractivity contribution in [3.05, 3.63) is 26.6 Å². The van der Waals surface area contributed by atoms with Gasteiger partial charge < -0.3 is 0 Å². The molecule has 74 valence electrons. The fourth-order valence-electron chi connectivity index (χ4n) is 1.32. The second kappa shape index (κ2) is 4.72. The van der Waals surface area contributed by atoms with Crippen LogP contribution in [0.25, 0.3) is 10.1 Å². The average Bonchev–Trinajstić information content (AvgIpc) is 2.61. The predicted octanol–water partition coefficient (Wildman–Crippen LogP) is 5.12. The molecule has 0 amide bonds. The molecule has 0 fully saturated rings. The Morgan fingerprint density at radius 1 is 1.43 bits per heavy atom. The van der Waals surface area contributed by atoms with Crippen molar-refractivity contribution in [3.8, 4) is 0 Å². The van der Waals surface area contributed by atoms with Crippen molar-refractivity contribution in [1.82, 2.24) is 0 Å². The lowest BCUT2D eigenvalue weighted by Crippen LogP contribution is -1.74. The molecule has 0 N–H and O–H groups in total. The standard InChI is InChI=1S/C10H8BrIS2/c1-13-7-2-6-3-8(5-11)14-10(6)9(12)4-7/h2-4H,5H2,1H3. The highest BCUT2D eigenvalue weighted by Gasteiger charge is 2.05. The second-order valence-corrected chi connectivity index (χ2v) is 6.61. The van der Waals surface area contributed by atoms with E-state index in [1.165, 1.54) is 23.4 Å². The van der Waals surface area contributed by atoms with Crippen molar-refractivity contribution in [1.29, 1.82) is 0 Å². The van der Waals surface area contributed by atoms with Gasteiger partial charge in [-0.05, 0) is 52.4 Å². The largest absolute Gasteiger partial charge is 0.138 e. The molecule has 0 aliphatic heterocycles. The highest BCUT2D eigenvalue weighted by molar-refractivity contribution is 14.1. The highest BCUT2D eigenvalue weighted by atomic mass is 127. The molecular formula is C10H8BrIS2. The molecular weight excluding hydrogens is 391 g/mol. The maximum absolute atomic E-state index is 3.50. The lowest BCUT2D eigenvalue weighted by Gasteiger charge is -1.98. The molecule has 1 aromatic heterocycles. The Hall–Kier alpha value is 0.740. The average molecular weight is 399 g/mol. The fourth-order valence-corrected chi connectivity index (χ4v) is 4.39. The summed E-state index contributed by atoms with van der Waals surface area (Å²) in [6, 6.07) is 6.80.